The largest absolute Gasteiger partial charge is 0.417 e. The monoisotopic (exact) mass is 571 g/mol. The van der Waals surface area contributed by atoms with Crippen molar-refractivity contribution in [2.75, 3.05) is 17.2 Å². The third kappa shape index (κ3) is 5.80. The lowest BCUT2D eigenvalue weighted by Crippen LogP contribution is -2.30. The minimum absolute atomic E-state index is 0.292. The van der Waals surface area contributed by atoms with E-state index >= 15 is 0 Å². The maximum Gasteiger partial charge on any atom is 0.417 e. The number of nitrogens with one attached hydrogen (secondary N) is 2. The first-order chi connectivity index (χ1) is 20.2. The summed E-state index contributed by atoms with van der Waals surface area (Å²) in [6, 6.07) is 20.8. The molecule has 0 aliphatic carbocycles. The van der Waals surface area contributed by atoms with Gasteiger partial charge in [0, 0.05) is 48.8 Å². The first kappa shape index (κ1) is 27.3. The molecule has 6 rings (SSSR count). The van der Waals surface area contributed by atoms with Crippen molar-refractivity contribution in [2.24, 2.45) is 0 Å². The third-order valence-corrected chi connectivity index (χ3v) is 7.24. The van der Waals surface area contributed by atoms with Gasteiger partial charge in [-0.15, -0.1) is 0 Å². The fourth-order valence-electron chi connectivity index (χ4n) is 5.26. The Bertz CT molecular complexity index is 1760. The number of halogens is 4. The van der Waals surface area contributed by atoms with Gasteiger partial charge < -0.3 is 10.6 Å². The Morgan fingerprint density at radius 2 is 1.69 bits per heavy atom. The van der Waals surface area contributed by atoms with Crippen LogP contribution in [0.5, 0.6) is 0 Å². The average molecular weight is 572 g/mol. The molecule has 6 nitrogen and oxygen atoms in total. The smallest absolute Gasteiger partial charge is 0.355 e. The Kier molecular flexibility index (Phi) is 7.30. The minimum Gasteiger partial charge on any atom is -0.355 e. The number of rotatable bonds is 6. The maximum atomic E-state index is 13.4. The first-order valence-corrected chi connectivity index (χ1v) is 13.3. The molecular weight excluding hydrogens is 546 g/mol. The molecule has 2 aromatic heterocycles. The molecule has 1 amide bonds. The fourth-order valence-corrected chi connectivity index (χ4v) is 5.26. The molecule has 1 aliphatic rings. The van der Waals surface area contributed by atoms with Gasteiger partial charge in [-0.25, -0.2) is 14.4 Å². The number of aromatic nitrogens is 2. The van der Waals surface area contributed by atoms with Crippen LogP contribution in [-0.4, -0.2) is 27.3 Å². The predicted molar refractivity (Wildman–Crippen MR) is 153 cm³/mol. The number of carbonyl (C=O) groups is 1. The molecule has 1 aliphatic heterocycles. The molecule has 3 aromatic carbocycles. The summed E-state index contributed by atoms with van der Waals surface area (Å²) in [4.78, 5) is 24.1. The first-order valence-electron chi connectivity index (χ1n) is 13.3. The normalized spacial score (nSPS) is 13.5. The van der Waals surface area contributed by atoms with Crippen LogP contribution in [0.3, 0.4) is 0 Å². The van der Waals surface area contributed by atoms with Crippen LogP contribution in [0.4, 0.5) is 34.6 Å². The van der Waals surface area contributed by atoms with E-state index in [0.717, 1.165) is 54.8 Å². The summed E-state index contributed by atoms with van der Waals surface area (Å²) in [5.41, 5.74) is 4.09. The van der Waals surface area contributed by atoms with Crippen LogP contribution in [0, 0.1) is 5.82 Å². The van der Waals surface area contributed by atoms with Crippen LogP contribution in [-0.2, 0) is 25.7 Å². The summed E-state index contributed by atoms with van der Waals surface area (Å²) in [5, 5.41) is 6.81. The maximum absolute atomic E-state index is 13.4. The van der Waals surface area contributed by atoms with Gasteiger partial charge in [-0.2, -0.15) is 13.2 Å². The van der Waals surface area contributed by atoms with Crippen LogP contribution in [0.15, 0.2) is 91.3 Å². The van der Waals surface area contributed by atoms with E-state index in [1.165, 1.54) is 11.1 Å². The summed E-state index contributed by atoms with van der Waals surface area (Å²) >= 11 is 0. The Labute approximate surface area is 239 Å². The summed E-state index contributed by atoms with van der Waals surface area (Å²) in [7, 11) is 0. The lowest BCUT2D eigenvalue weighted by atomic mass is 9.96. The topological polar surface area (TPSA) is 70.1 Å². The van der Waals surface area contributed by atoms with Gasteiger partial charge in [0.2, 0.25) is 0 Å². The lowest BCUT2D eigenvalue weighted by molar-refractivity contribution is -0.138. The molecular formula is C32H25F4N5O. The van der Waals surface area contributed by atoms with Gasteiger partial charge in [-0.3, -0.25) is 9.69 Å². The van der Waals surface area contributed by atoms with Gasteiger partial charge in [-0.05, 0) is 71.6 Å². The van der Waals surface area contributed by atoms with Crippen molar-refractivity contribution in [3.05, 3.63) is 125 Å². The van der Waals surface area contributed by atoms with Crippen LogP contribution in [0.25, 0.3) is 11.0 Å². The Morgan fingerprint density at radius 1 is 0.929 bits per heavy atom. The number of nitrogens with zero attached hydrogens (tertiary/aromatic N) is 3. The average Bonchev–Trinajstić information content (AvgIpc) is 2.98. The lowest BCUT2D eigenvalue weighted by Gasteiger charge is -2.29. The number of fused-ring (bicyclic) bond motifs is 3. The van der Waals surface area contributed by atoms with E-state index in [9.17, 15) is 22.4 Å². The fraction of sp³-hybridized carbons (Fsp3) is 0.156. The van der Waals surface area contributed by atoms with E-state index in [-0.39, 0.29) is 0 Å². The second-order valence-corrected chi connectivity index (χ2v) is 10.1. The van der Waals surface area contributed by atoms with Crippen LogP contribution < -0.4 is 10.6 Å². The Morgan fingerprint density at radius 3 is 2.45 bits per heavy atom. The summed E-state index contributed by atoms with van der Waals surface area (Å²) in [6.45, 7) is 2.53. The van der Waals surface area contributed by atoms with E-state index in [4.69, 9.17) is 0 Å². The predicted octanol–water partition coefficient (Wildman–Crippen LogP) is 7.34. The van der Waals surface area contributed by atoms with Gasteiger partial charge in [0.25, 0.3) is 5.91 Å². The van der Waals surface area contributed by atoms with Crippen molar-refractivity contribution in [2.45, 2.75) is 25.7 Å². The van der Waals surface area contributed by atoms with Gasteiger partial charge in [-0.1, -0.05) is 30.3 Å². The highest BCUT2D eigenvalue weighted by Gasteiger charge is 2.35. The van der Waals surface area contributed by atoms with Crippen molar-refractivity contribution in [1.29, 1.82) is 0 Å². The van der Waals surface area contributed by atoms with Crippen LogP contribution in [0.2, 0.25) is 0 Å². The molecule has 42 heavy (non-hydrogen) atoms. The highest BCUT2D eigenvalue weighted by atomic mass is 19.4. The SMILES string of the molecule is O=C(Nc1ccc(Nc2ccnc3ncc4c(c23)CCN(Cc2ccccc2)C4)cc1)c1ccc(F)cc1C(F)(F)F. The van der Waals surface area contributed by atoms with Crippen molar-refractivity contribution in [3.63, 3.8) is 0 Å². The number of alkyl halides is 3. The number of anilines is 3. The zero-order valence-electron chi connectivity index (χ0n) is 22.3. The van der Waals surface area contributed by atoms with E-state index in [2.05, 4.69) is 37.6 Å². The van der Waals surface area contributed by atoms with Gasteiger partial charge in [0.1, 0.15) is 5.82 Å². The van der Waals surface area contributed by atoms with Crippen LogP contribution >= 0.6 is 0 Å². The molecule has 212 valence electrons. The number of hydrogen-bond donors (Lipinski definition) is 2. The number of amides is 1. The summed E-state index contributed by atoms with van der Waals surface area (Å²) in [6.07, 6.45) is -0.446. The Hall–Kier alpha value is -4.83. The van der Waals surface area contributed by atoms with E-state index < -0.39 is 29.0 Å². The molecule has 0 saturated carbocycles. The van der Waals surface area contributed by atoms with Crippen molar-refractivity contribution in [1.82, 2.24) is 14.9 Å². The molecule has 3 heterocycles. The molecule has 0 atom stereocenters. The summed E-state index contributed by atoms with van der Waals surface area (Å²) < 4.78 is 53.5. The number of benzene rings is 3. The van der Waals surface area contributed by atoms with Gasteiger partial charge >= 0.3 is 6.18 Å². The number of hydrogen-bond acceptors (Lipinski definition) is 5. The van der Waals surface area contributed by atoms with Crippen LogP contribution in [0.1, 0.15) is 32.6 Å². The number of pyridine rings is 2. The highest BCUT2D eigenvalue weighted by molar-refractivity contribution is 6.05. The highest BCUT2D eigenvalue weighted by Crippen LogP contribution is 2.34. The molecule has 0 bridgehead atoms. The minimum atomic E-state index is -4.87. The van der Waals surface area contributed by atoms with E-state index in [0.29, 0.717) is 23.1 Å². The molecule has 10 heteroatoms. The van der Waals surface area contributed by atoms with Gasteiger partial charge in [0.05, 0.1) is 16.8 Å². The number of carbonyl (C=O) groups excluding carboxylic acids is 1. The second kappa shape index (κ2) is 11.2. The second-order valence-electron chi connectivity index (χ2n) is 10.1. The van der Waals surface area contributed by atoms with Crippen molar-refractivity contribution in [3.8, 4) is 0 Å². The van der Waals surface area contributed by atoms with Crippen molar-refractivity contribution < 1.29 is 22.4 Å². The van der Waals surface area contributed by atoms with E-state index in [1.54, 1.807) is 30.5 Å². The zero-order valence-corrected chi connectivity index (χ0v) is 22.3. The molecule has 5 aromatic rings. The quantitative estimate of drug-likeness (QED) is 0.209. The molecule has 0 unspecified atom stereocenters. The zero-order chi connectivity index (χ0) is 29.3. The van der Waals surface area contributed by atoms with Gasteiger partial charge in [0.15, 0.2) is 5.65 Å². The standard InChI is InChI=1S/C32H25F4N5O/c33-22-6-11-26(27(16-22)32(34,35)36)31(42)40-24-9-7-23(8-10-24)39-28-12-14-37-30-29(28)25-13-15-41(19-21(25)17-38-30)18-20-4-2-1-3-5-20/h1-12,14,16-17H,13,15,18-19H2,(H,40,42)(H,37,38,39). The third-order valence-electron chi connectivity index (χ3n) is 7.24. The molecule has 0 radical (unpaired) electrons. The Balaban J connectivity index is 1.20. The molecule has 0 saturated heterocycles. The summed E-state index contributed by atoms with van der Waals surface area (Å²) in [5.74, 6) is -2.05. The molecule has 0 spiro atoms. The molecule has 2 N–H and O–H groups in total. The van der Waals surface area contributed by atoms with Crippen molar-refractivity contribution >= 4 is 34.0 Å². The molecule has 0 fully saturated rings. The van der Waals surface area contributed by atoms with E-state index in [1.807, 2.05) is 30.5 Å².